The lowest BCUT2D eigenvalue weighted by Crippen LogP contribution is -2.28. The molecule has 130 valence electrons. The molecule has 1 aromatic rings. The second kappa shape index (κ2) is 8.48. The highest BCUT2D eigenvalue weighted by atomic mass is 35.5. The molecule has 2 aliphatic heterocycles. The van der Waals surface area contributed by atoms with Gasteiger partial charge in [-0.1, -0.05) is 41.4 Å². The first-order valence-corrected chi connectivity index (χ1v) is 9.47. The summed E-state index contributed by atoms with van der Waals surface area (Å²) in [5.41, 5.74) is 3.44. The van der Waals surface area contributed by atoms with E-state index in [0.717, 1.165) is 25.1 Å². The largest absolute Gasteiger partial charge is 0.366 e. The molecule has 5 nitrogen and oxygen atoms in total. The summed E-state index contributed by atoms with van der Waals surface area (Å²) in [7, 11) is -4.02. The highest BCUT2D eigenvalue weighted by molar-refractivity contribution is 7.85. The van der Waals surface area contributed by atoms with Gasteiger partial charge in [0.25, 0.3) is 10.1 Å². The fourth-order valence-electron chi connectivity index (χ4n) is 2.27. The van der Waals surface area contributed by atoms with E-state index in [4.69, 9.17) is 16.2 Å². The summed E-state index contributed by atoms with van der Waals surface area (Å²) in [6, 6.07) is 5.99. The number of allylic oxidation sites excluding steroid dienone is 3. The minimum absolute atomic E-state index is 0.0595. The van der Waals surface area contributed by atoms with Gasteiger partial charge in [-0.05, 0) is 49.7 Å². The summed E-state index contributed by atoms with van der Waals surface area (Å²) in [4.78, 5) is -0.0666. The molecular formula is C17H21ClN2O3S. The van der Waals surface area contributed by atoms with Crippen molar-refractivity contribution in [2.24, 2.45) is 0 Å². The van der Waals surface area contributed by atoms with Crippen LogP contribution in [0.2, 0.25) is 0 Å². The first kappa shape index (κ1) is 18.7. The van der Waals surface area contributed by atoms with Gasteiger partial charge in [0.1, 0.15) is 5.50 Å². The zero-order valence-electron chi connectivity index (χ0n) is 13.4. The Labute approximate surface area is 147 Å². The lowest BCUT2D eigenvalue weighted by atomic mass is 10.0. The minimum Gasteiger partial charge on any atom is -0.366 e. The third kappa shape index (κ3) is 5.79. The van der Waals surface area contributed by atoms with Crippen LogP contribution in [0.4, 0.5) is 0 Å². The lowest BCUT2D eigenvalue weighted by Gasteiger charge is -2.21. The van der Waals surface area contributed by atoms with Crippen LogP contribution in [0.3, 0.4) is 0 Å². The highest BCUT2D eigenvalue weighted by Crippen LogP contribution is 2.17. The number of halogens is 1. The SMILES string of the molecule is Cc1ccc(S(=O)(=O)O)cc1.ClC1C=CC=C(C2=CCNCC2)N1. The number of dihydropyridines is 1. The van der Waals surface area contributed by atoms with Crippen molar-refractivity contribution >= 4 is 21.7 Å². The Bertz CT molecular complexity index is 753. The van der Waals surface area contributed by atoms with Gasteiger partial charge in [0, 0.05) is 12.2 Å². The summed E-state index contributed by atoms with van der Waals surface area (Å²) in [5.74, 6) is 0. The molecule has 0 fully saturated rings. The first-order valence-electron chi connectivity index (χ1n) is 7.59. The molecule has 7 heteroatoms. The van der Waals surface area contributed by atoms with E-state index < -0.39 is 10.1 Å². The topological polar surface area (TPSA) is 78.4 Å². The molecule has 0 spiro atoms. The molecule has 0 saturated heterocycles. The van der Waals surface area contributed by atoms with Gasteiger partial charge in [0.05, 0.1) is 4.90 Å². The molecule has 3 rings (SSSR count). The third-order valence-corrected chi connectivity index (χ3v) is 4.69. The number of hydrogen-bond acceptors (Lipinski definition) is 4. The van der Waals surface area contributed by atoms with Crippen molar-refractivity contribution in [2.75, 3.05) is 13.1 Å². The quantitative estimate of drug-likeness (QED) is 0.425. The molecule has 0 aliphatic carbocycles. The van der Waals surface area contributed by atoms with E-state index in [0.29, 0.717) is 0 Å². The number of alkyl halides is 1. The molecule has 1 atom stereocenters. The molecule has 0 aromatic heterocycles. The van der Waals surface area contributed by atoms with Crippen molar-refractivity contribution in [2.45, 2.75) is 23.7 Å². The maximum atomic E-state index is 10.5. The summed E-state index contributed by atoms with van der Waals surface area (Å²) in [5, 5.41) is 6.51. The third-order valence-electron chi connectivity index (χ3n) is 3.57. The van der Waals surface area contributed by atoms with Crippen molar-refractivity contribution in [3.05, 3.63) is 65.4 Å². The molecule has 1 unspecified atom stereocenters. The van der Waals surface area contributed by atoms with Crippen LogP contribution in [0.15, 0.2) is 64.7 Å². The van der Waals surface area contributed by atoms with Gasteiger partial charge in [-0.25, -0.2) is 0 Å². The fraction of sp³-hybridized carbons (Fsp3) is 0.294. The number of hydrogen-bond donors (Lipinski definition) is 3. The van der Waals surface area contributed by atoms with Crippen molar-refractivity contribution in [3.8, 4) is 0 Å². The van der Waals surface area contributed by atoms with Gasteiger partial charge in [-0.2, -0.15) is 8.42 Å². The van der Waals surface area contributed by atoms with Gasteiger partial charge >= 0.3 is 0 Å². The normalized spacial score (nSPS) is 20.2. The van der Waals surface area contributed by atoms with Gasteiger partial charge in [-0.3, -0.25) is 4.55 Å². The van der Waals surface area contributed by atoms with Gasteiger partial charge in [0.15, 0.2) is 0 Å². The van der Waals surface area contributed by atoms with Crippen LogP contribution in [0, 0.1) is 6.92 Å². The Balaban J connectivity index is 0.000000177. The van der Waals surface area contributed by atoms with E-state index >= 15 is 0 Å². The molecular weight excluding hydrogens is 348 g/mol. The van der Waals surface area contributed by atoms with Crippen molar-refractivity contribution in [3.63, 3.8) is 0 Å². The monoisotopic (exact) mass is 368 g/mol. The molecule has 0 radical (unpaired) electrons. The molecule has 1 aromatic carbocycles. The van der Waals surface area contributed by atoms with E-state index in [1.807, 2.05) is 19.1 Å². The second-order valence-electron chi connectivity index (χ2n) is 5.48. The van der Waals surface area contributed by atoms with Crippen LogP contribution in [0.5, 0.6) is 0 Å². The standard InChI is InChI=1S/C10H13ClN2.C7H8O3S/c11-10-3-1-2-9(13-10)8-4-6-12-7-5-8;1-6-2-4-7(5-3-6)11(8,9)10/h1-4,10,12-13H,5-7H2;2-5H,1H3,(H,8,9,10). The molecule has 2 heterocycles. The van der Waals surface area contributed by atoms with Crippen molar-refractivity contribution < 1.29 is 13.0 Å². The number of benzene rings is 1. The molecule has 24 heavy (non-hydrogen) atoms. The number of aryl methyl sites for hydroxylation is 1. The van der Waals surface area contributed by atoms with E-state index in [1.165, 1.54) is 23.4 Å². The van der Waals surface area contributed by atoms with Crippen LogP contribution in [0.25, 0.3) is 0 Å². The van der Waals surface area contributed by atoms with Crippen LogP contribution in [-0.2, 0) is 10.1 Å². The van der Waals surface area contributed by atoms with E-state index in [2.05, 4.69) is 22.8 Å². The summed E-state index contributed by atoms with van der Waals surface area (Å²) in [6.07, 6.45) is 9.32. The van der Waals surface area contributed by atoms with Crippen molar-refractivity contribution in [1.82, 2.24) is 10.6 Å². The van der Waals surface area contributed by atoms with E-state index in [1.54, 1.807) is 12.1 Å². The molecule has 0 saturated carbocycles. The molecule has 2 aliphatic rings. The van der Waals surface area contributed by atoms with E-state index in [-0.39, 0.29) is 10.4 Å². The Kier molecular flexibility index (Phi) is 6.62. The highest BCUT2D eigenvalue weighted by Gasteiger charge is 2.12. The Morgan fingerprint density at radius 1 is 1.25 bits per heavy atom. The molecule has 3 N–H and O–H groups in total. The smallest absolute Gasteiger partial charge is 0.294 e. The predicted molar refractivity (Wildman–Crippen MR) is 96.6 cm³/mol. The Hall–Kier alpha value is -1.60. The second-order valence-corrected chi connectivity index (χ2v) is 7.37. The van der Waals surface area contributed by atoms with Crippen LogP contribution >= 0.6 is 11.6 Å². The first-order chi connectivity index (χ1) is 11.4. The maximum absolute atomic E-state index is 10.5. The van der Waals surface area contributed by atoms with Crippen molar-refractivity contribution in [1.29, 1.82) is 0 Å². The number of nitrogens with one attached hydrogen (secondary N) is 2. The minimum atomic E-state index is -4.02. The predicted octanol–water partition coefficient (Wildman–Crippen LogP) is 2.76. The average Bonchev–Trinajstić information content (AvgIpc) is 2.56. The zero-order valence-corrected chi connectivity index (χ0v) is 14.9. The summed E-state index contributed by atoms with van der Waals surface area (Å²) in [6.45, 7) is 3.86. The Morgan fingerprint density at radius 3 is 2.50 bits per heavy atom. The van der Waals surface area contributed by atoms with Gasteiger partial charge < -0.3 is 10.6 Å². The van der Waals surface area contributed by atoms with Crippen LogP contribution in [0.1, 0.15) is 12.0 Å². The average molecular weight is 369 g/mol. The molecule has 0 bridgehead atoms. The zero-order chi connectivity index (χ0) is 17.6. The maximum Gasteiger partial charge on any atom is 0.294 e. The van der Waals surface area contributed by atoms with Gasteiger partial charge in [-0.15, -0.1) is 0 Å². The van der Waals surface area contributed by atoms with Crippen LogP contribution in [-0.4, -0.2) is 31.6 Å². The van der Waals surface area contributed by atoms with Crippen LogP contribution < -0.4 is 10.6 Å². The fourth-order valence-corrected chi connectivity index (χ4v) is 2.95. The van der Waals surface area contributed by atoms with E-state index in [9.17, 15) is 8.42 Å². The molecule has 0 amide bonds. The summed E-state index contributed by atoms with van der Waals surface area (Å²) < 4.78 is 29.6. The van der Waals surface area contributed by atoms with Gasteiger partial charge in [0.2, 0.25) is 0 Å². The lowest BCUT2D eigenvalue weighted by molar-refractivity contribution is 0.483. The summed E-state index contributed by atoms with van der Waals surface area (Å²) >= 11 is 5.95. The Morgan fingerprint density at radius 2 is 1.96 bits per heavy atom. The number of rotatable bonds is 2.